The molecule has 0 unspecified atom stereocenters. The van der Waals surface area contributed by atoms with Gasteiger partial charge in [0.05, 0.1) is 0 Å². The quantitative estimate of drug-likeness (QED) is 0.879. The summed E-state index contributed by atoms with van der Waals surface area (Å²) in [4.78, 5) is 27.3. The first-order valence-corrected chi connectivity index (χ1v) is 7.39. The molecule has 0 aliphatic carbocycles. The molecule has 1 aliphatic heterocycles. The van der Waals surface area contributed by atoms with Crippen LogP contribution in [0.1, 0.15) is 25.3 Å². The maximum Gasteiger partial charge on any atom is 0.224 e. The molecule has 1 atom stereocenters. The third-order valence-corrected chi connectivity index (χ3v) is 3.83. The molecule has 2 rings (SSSR count). The molecule has 1 heterocycles. The number of benzene rings is 1. The van der Waals surface area contributed by atoms with E-state index in [2.05, 4.69) is 0 Å². The summed E-state index contributed by atoms with van der Waals surface area (Å²) >= 11 is 0. The first kappa shape index (κ1) is 15.5. The van der Waals surface area contributed by atoms with Crippen LogP contribution in [0, 0.1) is 0 Å². The summed E-state index contributed by atoms with van der Waals surface area (Å²) < 4.78 is 0. The molecular weight excluding hydrogens is 266 g/mol. The lowest BCUT2D eigenvalue weighted by Gasteiger charge is -2.23. The fraction of sp³-hybridized carbons (Fsp3) is 0.500. The second-order valence-electron chi connectivity index (χ2n) is 5.56. The Bertz CT molecular complexity index is 490. The molecule has 21 heavy (non-hydrogen) atoms. The number of likely N-dealkylation sites (tertiary alicyclic amines) is 1. The van der Waals surface area contributed by atoms with Crippen molar-refractivity contribution >= 4 is 11.8 Å². The third kappa shape index (κ3) is 4.56. The van der Waals surface area contributed by atoms with E-state index < -0.39 is 0 Å². The largest absolute Gasteiger partial charge is 0.341 e. The van der Waals surface area contributed by atoms with Crippen molar-refractivity contribution in [1.29, 1.82) is 0 Å². The van der Waals surface area contributed by atoms with E-state index in [9.17, 15) is 9.59 Å². The van der Waals surface area contributed by atoms with E-state index in [-0.39, 0.29) is 17.9 Å². The van der Waals surface area contributed by atoms with Crippen LogP contribution in [0.25, 0.3) is 0 Å². The van der Waals surface area contributed by atoms with Crippen molar-refractivity contribution in [3.63, 3.8) is 0 Å². The van der Waals surface area contributed by atoms with Gasteiger partial charge in [-0.1, -0.05) is 30.3 Å². The molecular formula is C16H23N3O2. The molecule has 5 nitrogen and oxygen atoms in total. The number of amides is 2. The van der Waals surface area contributed by atoms with E-state index in [0.29, 0.717) is 26.1 Å². The minimum absolute atomic E-state index is 0.00947. The van der Waals surface area contributed by atoms with Crippen LogP contribution < -0.4 is 5.73 Å². The van der Waals surface area contributed by atoms with Gasteiger partial charge < -0.3 is 15.5 Å². The molecule has 1 aliphatic rings. The van der Waals surface area contributed by atoms with E-state index >= 15 is 0 Å². The van der Waals surface area contributed by atoms with Crippen LogP contribution in [0.2, 0.25) is 0 Å². The van der Waals surface area contributed by atoms with Crippen LogP contribution in [0.4, 0.5) is 0 Å². The van der Waals surface area contributed by atoms with Crippen LogP contribution in [-0.4, -0.2) is 47.3 Å². The lowest BCUT2D eigenvalue weighted by molar-refractivity contribution is -0.133. The molecule has 1 saturated heterocycles. The molecule has 0 radical (unpaired) electrons. The van der Waals surface area contributed by atoms with Crippen LogP contribution in [-0.2, 0) is 16.1 Å². The smallest absolute Gasteiger partial charge is 0.224 e. The van der Waals surface area contributed by atoms with Gasteiger partial charge in [-0.05, 0) is 12.0 Å². The van der Waals surface area contributed by atoms with Gasteiger partial charge in [0, 0.05) is 45.6 Å². The molecule has 2 N–H and O–H groups in total. The Hall–Kier alpha value is -1.88. The lowest BCUT2D eigenvalue weighted by Crippen LogP contribution is -2.36. The Balaban J connectivity index is 1.85. The number of nitrogens with two attached hydrogens (primary N) is 1. The van der Waals surface area contributed by atoms with Crippen LogP contribution >= 0.6 is 0 Å². The van der Waals surface area contributed by atoms with E-state index in [1.807, 2.05) is 30.3 Å². The summed E-state index contributed by atoms with van der Waals surface area (Å²) in [5.41, 5.74) is 6.88. The van der Waals surface area contributed by atoms with Crippen molar-refractivity contribution in [2.45, 2.75) is 32.4 Å². The van der Waals surface area contributed by atoms with Crippen molar-refractivity contribution in [3.05, 3.63) is 35.9 Å². The number of hydrogen-bond acceptors (Lipinski definition) is 3. The lowest BCUT2D eigenvalue weighted by atomic mass is 10.2. The van der Waals surface area contributed by atoms with E-state index in [4.69, 9.17) is 5.73 Å². The van der Waals surface area contributed by atoms with E-state index in [1.165, 1.54) is 0 Å². The van der Waals surface area contributed by atoms with Crippen molar-refractivity contribution in [2.24, 2.45) is 5.73 Å². The number of carbonyl (C=O) groups excluding carboxylic acids is 2. The predicted molar refractivity (Wildman–Crippen MR) is 81.3 cm³/mol. The highest BCUT2D eigenvalue weighted by Crippen LogP contribution is 2.10. The summed E-state index contributed by atoms with van der Waals surface area (Å²) in [6.45, 7) is 3.91. The maximum atomic E-state index is 12.1. The number of nitrogens with zero attached hydrogens (tertiary/aromatic N) is 2. The minimum Gasteiger partial charge on any atom is -0.341 e. The molecule has 1 aromatic carbocycles. The predicted octanol–water partition coefficient (Wildman–Crippen LogP) is 0.985. The summed E-state index contributed by atoms with van der Waals surface area (Å²) in [7, 11) is 0. The monoisotopic (exact) mass is 289 g/mol. The Labute approximate surface area is 125 Å². The van der Waals surface area contributed by atoms with Gasteiger partial charge in [-0.2, -0.15) is 0 Å². The number of rotatable bonds is 5. The Morgan fingerprint density at radius 3 is 2.62 bits per heavy atom. The molecule has 1 fully saturated rings. The molecule has 0 spiro atoms. The fourth-order valence-corrected chi connectivity index (χ4v) is 2.55. The Kier molecular flexibility index (Phi) is 5.33. The van der Waals surface area contributed by atoms with Gasteiger partial charge in [0.1, 0.15) is 0 Å². The first-order chi connectivity index (χ1) is 10.1. The van der Waals surface area contributed by atoms with Crippen molar-refractivity contribution in [1.82, 2.24) is 9.80 Å². The average molecular weight is 289 g/mol. The summed E-state index contributed by atoms with van der Waals surface area (Å²) in [6.07, 6.45) is 1.23. The van der Waals surface area contributed by atoms with Gasteiger partial charge in [-0.25, -0.2) is 0 Å². The van der Waals surface area contributed by atoms with Crippen LogP contribution in [0.3, 0.4) is 0 Å². The van der Waals surface area contributed by atoms with Gasteiger partial charge >= 0.3 is 0 Å². The summed E-state index contributed by atoms with van der Waals surface area (Å²) in [5, 5.41) is 0. The molecule has 5 heteroatoms. The zero-order valence-electron chi connectivity index (χ0n) is 12.5. The van der Waals surface area contributed by atoms with Gasteiger partial charge in [0.25, 0.3) is 0 Å². The summed E-state index contributed by atoms with van der Waals surface area (Å²) in [5.74, 6) is 0.0760. The zero-order valence-corrected chi connectivity index (χ0v) is 12.5. The van der Waals surface area contributed by atoms with Gasteiger partial charge in [0.2, 0.25) is 11.8 Å². The second-order valence-corrected chi connectivity index (χ2v) is 5.56. The highest BCUT2D eigenvalue weighted by molar-refractivity contribution is 5.78. The Morgan fingerprint density at radius 1 is 1.33 bits per heavy atom. The molecule has 2 amide bonds. The zero-order chi connectivity index (χ0) is 15.2. The van der Waals surface area contributed by atoms with Crippen molar-refractivity contribution < 1.29 is 9.59 Å². The normalized spacial score (nSPS) is 17.8. The Morgan fingerprint density at radius 2 is 2.05 bits per heavy atom. The van der Waals surface area contributed by atoms with Gasteiger partial charge in [-0.15, -0.1) is 0 Å². The SMILES string of the molecule is CC(=O)N(CCC(=O)N1CC[C@@H](N)C1)Cc1ccccc1. The van der Waals surface area contributed by atoms with Gasteiger partial charge in [-0.3, -0.25) is 9.59 Å². The van der Waals surface area contributed by atoms with E-state index in [1.54, 1.807) is 16.7 Å². The average Bonchev–Trinajstić information content (AvgIpc) is 2.90. The molecule has 114 valence electrons. The van der Waals surface area contributed by atoms with Crippen LogP contribution in [0.15, 0.2) is 30.3 Å². The fourth-order valence-electron chi connectivity index (χ4n) is 2.55. The molecule has 0 bridgehead atoms. The molecule has 1 aromatic rings. The van der Waals surface area contributed by atoms with Crippen molar-refractivity contribution in [3.8, 4) is 0 Å². The van der Waals surface area contributed by atoms with Crippen LogP contribution in [0.5, 0.6) is 0 Å². The highest BCUT2D eigenvalue weighted by atomic mass is 16.2. The van der Waals surface area contributed by atoms with Gasteiger partial charge in [0.15, 0.2) is 0 Å². The topological polar surface area (TPSA) is 66.6 Å². The first-order valence-electron chi connectivity index (χ1n) is 7.39. The standard InChI is InChI=1S/C16H23N3O2/c1-13(20)18(11-14-5-3-2-4-6-14)10-8-16(21)19-9-7-15(17)12-19/h2-6,15H,7-12,17H2,1H3/t15-/m1/s1. The number of carbonyl (C=O) groups is 2. The minimum atomic E-state index is -0.00947. The second kappa shape index (κ2) is 7.22. The molecule has 0 saturated carbocycles. The molecule has 0 aromatic heterocycles. The van der Waals surface area contributed by atoms with Crippen molar-refractivity contribution in [2.75, 3.05) is 19.6 Å². The number of hydrogen-bond donors (Lipinski definition) is 1. The van der Waals surface area contributed by atoms with E-state index in [0.717, 1.165) is 18.5 Å². The maximum absolute atomic E-state index is 12.1. The summed E-state index contributed by atoms with van der Waals surface area (Å²) in [6, 6.07) is 9.91. The third-order valence-electron chi connectivity index (χ3n) is 3.83. The highest BCUT2D eigenvalue weighted by Gasteiger charge is 2.23.